The summed E-state index contributed by atoms with van der Waals surface area (Å²) >= 11 is 0. The molecular weight excluding hydrogens is 404 g/mol. The third-order valence-corrected chi connectivity index (χ3v) is 6.08. The fourth-order valence-corrected chi connectivity index (χ4v) is 4.60. The molecule has 2 aliphatic heterocycles. The number of hydrogen-bond acceptors (Lipinski definition) is 2. The number of fused-ring (bicyclic) bond motifs is 8. The quantitative estimate of drug-likeness (QED) is 0.301. The maximum atomic E-state index is 4.92. The second-order valence-corrected chi connectivity index (χ2v) is 8.76. The second-order valence-electron chi connectivity index (χ2n) is 8.76. The summed E-state index contributed by atoms with van der Waals surface area (Å²) in [4.78, 5) is 17.0. The minimum Gasteiger partial charge on any atom is -0.355 e. The molecule has 8 bridgehead atoms. The average molecular weight is 429 g/mol. The second kappa shape index (κ2) is 7.75. The molecule has 1 aromatic carbocycles. The first-order valence-electron chi connectivity index (χ1n) is 11.3. The van der Waals surface area contributed by atoms with E-state index in [2.05, 4.69) is 109 Å². The molecule has 4 nitrogen and oxygen atoms in total. The molecule has 3 aromatic heterocycles. The van der Waals surface area contributed by atoms with Gasteiger partial charge in [0.1, 0.15) is 0 Å². The first-order valence-corrected chi connectivity index (χ1v) is 11.3. The SMILES string of the molecule is CC(C)c1c2nc(cc3ccc([nH]3)c(-c3ccccc3)c3ccc(cc4nc1C=C4)[nH]3)C=C2. The van der Waals surface area contributed by atoms with E-state index in [4.69, 9.17) is 9.97 Å². The van der Waals surface area contributed by atoms with Crippen LogP contribution in [0.5, 0.6) is 0 Å². The number of nitrogens with one attached hydrogen (secondary N) is 2. The Bertz CT molecular complexity index is 1490. The Labute approximate surface area is 192 Å². The van der Waals surface area contributed by atoms with Gasteiger partial charge in [-0.05, 0) is 72.2 Å². The molecule has 33 heavy (non-hydrogen) atoms. The highest BCUT2D eigenvalue weighted by molar-refractivity contribution is 5.93. The lowest BCUT2D eigenvalue weighted by Crippen LogP contribution is -1.96. The highest BCUT2D eigenvalue weighted by Gasteiger charge is 2.15. The van der Waals surface area contributed by atoms with Crippen LogP contribution in [-0.4, -0.2) is 19.9 Å². The maximum Gasteiger partial charge on any atom is 0.0693 e. The summed E-state index contributed by atoms with van der Waals surface area (Å²) in [7, 11) is 0. The van der Waals surface area contributed by atoms with Crippen LogP contribution in [0.1, 0.15) is 48.1 Å². The van der Waals surface area contributed by atoms with Crippen molar-refractivity contribution < 1.29 is 0 Å². The molecule has 0 saturated heterocycles. The zero-order chi connectivity index (χ0) is 22.4. The fourth-order valence-electron chi connectivity index (χ4n) is 4.60. The molecule has 0 spiro atoms. The maximum absolute atomic E-state index is 4.92. The summed E-state index contributed by atoms with van der Waals surface area (Å²) in [6, 6.07) is 23.1. The number of hydrogen-bond donors (Lipinski definition) is 2. The normalized spacial score (nSPS) is 12.6. The van der Waals surface area contributed by atoms with Crippen LogP contribution in [0.25, 0.3) is 57.5 Å². The van der Waals surface area contributed by atoms with Crippen molar-refractivity contribution in [2.24, 2.45) is 0 Å². The lowest BCUT2D eigenvalue weighted by atomic mass is 10.00. The minimum atomic E-state index is 0.312. The number of benzene rings is 1. The minimum absolute atomic E-state index is 0.312. The van der Waals surface area contributed by atoms with Gasteiger partial charge in [0.25, 0.3) is 0 Å². The van der Waals surface area contributed by atoms with E-state index in [1.807, 2.05) is 6.07 Å². The molecule has 4 heteroatoms. The van der Waals surface area contributed by atoms with Crippen molar-refractivity contribution in [3.05, 3.63) is 95.1 Å². The molecule has 0 aliphatic carbocycles. The lowest BCUT2D eigenvalue weighted by Gasteiger charge is -2.07. The van der Waals surface area contributed by atoms with E-state index in [9.17, 15) is 0 Å². The van der Waals surface area contributed by atoms with Crippen LogP contribution in [0.3, 0.4) is 0 Å². The summed E-state index contributed by atoms with van der Waals surface area (Å²) in [5.74, 6) is 0.312. The first kappa shape index (κ1) is 19.5. The van der Waals surface area contributed by atoms with Crippen LogP contribution in [-0.2, 0) is 0 Å². The molecule has 160 valence electrons. The Morgan fingerprint density at radius 2 is 1.18 bits per heavy atom. The standard InChI is InChI=1S/C29H24N4/c1-18(2)28-24-12-8-20(30-24)16-22-10-14-26(32-22)29(19-6-4-3-5-7-19)27-15-11-23(33-27)17-21-9-13-25(28)31-21/h3-18,32-33H,1-2H3. The van der Waals surface area contributed by atoms with Gasteiger partial charge in [-0.1, -0.05) is 44.2 Å². The van der Waals surface area contributed by atoms with Crippen LogP contribution in [0.15, 0.2) is 66.7 Å². The van der Waals surface area contributed by atoms with Crippen LogP contribution in [0.2, 0.25) is 0 Å². The van der Waals surface area contributed by atoms with Gasteiger partial charge in [-0.2, -0.15) is 0 Å². The Hall–Kier alpha value is -4.18. The van der Waals surface area contributed by atoms with Crippen molar-refractivity contribution in [1.29, 1.82) is 0 Å². The third kappa shape index (κ3) is 3.60. The molecule has 0 saturated carbocycles. The van der Waals surface area contributed by atoms with E-state index in [0.29, 0.717) is 5.92 Å². The van der Waals surface area contributed by atoms with Gasteiger partial charge in [0.15, 0.2) is 0 Å². The van der Waals surface area contributed by atoms with E-state index in [1.165, 1.54) is 5.56 Å². The lowest BCUT2D eigenvalue weighted by molar-refractivity contribution is 0.849. The van der Waals surface area contributed by atoms with Crippen molar-refractivity contribution in [3.8, 4) is 11.1 Å². The van der Waals surface area contributed by atoms with E-state index < -0.39 is 0 Å². The Balaban J connectivity index is 1.73. The zero-order valence-electron chi connectivity index (χ0n) is 18.6. The predicted molar refractivity (Wildman–Crippen MR) is 138 cm³/mol. The smallest absolute Gasteiger partial charge is 0.0693 e. The van der Waals surface area contributed by atoms with Crippen LogP contribution in [0.4, 0.5) is 0 Å². The van der Waals surface area contributed by atoms with Crippen molar-refractivity contribution >= 4 is 46.4 Å². The summed E-state index contributed by atoms with van der Waals surface area (Å²) in [5, 5.41) is 0. The van der Waals surface area contributed by atoms with Gasteiger partial charge in [0.05, 0.1) is 22.8 Å². The predicted octanol–water partition coefficient (Wildman–Crippen LogP) is 7.45. The summed E-state index contributed by atoms with van der Waals surface area (Å²) < 4.78 is 0. The monoisotopic (exact) mass is 428 g/mol. The summed E-state index contributed by atoms with van der Waals surface area (Å²) in [5.41, 5.74) is 11.4. The van der Waals surface area contributed by atoms with Crippen LogP contribution >= 0.6 is 0 Å². The van der Waals surface area contributed by atoms with Crippen LogP contribution < -0.4 is 0 Å². The average Bonchev–Trinajstić information content (AvgIpc) is 3.60. The van der Waals surface area contributed by atoms with E-state index in [1.54, 1.807) is 0 Å². The van der Waals surface area contributed by atoms with E-state index >= 15 is 0 Å². The van der Waals surface area contributed by atoms with Crippen molar-refractivity contribution in [2.75, 3.05) is 0 Å². The topological polar surface area (TPSA) is 57.4 Å². The number of rotatable bonds is 2. The third-order valence-electron chi connectivity index (χ3n) is 6.08. The zero-order valence-corrected chi connectivity index (χ0v) is 18.6. The molecule has 2 aliphatic rings. The Kier molecular flexibility index (Phi) is 4.58. The molecule has 0 fully saturated rings. The highest BCUT2D eigenvalue weighted by Crippen LogP contribution is 2.30. The molecule has 5 heterocycles. The largest absolute Gasteiger partial charge is 0.355 e. The number of nitrogens with zero attached hydrogens (tertiary/aromatic N) is 2. The van der Waals surface area contributed by atoms with Crippen molar-refractivity contribution in [3.63, 3.8) is 0 Å². The molecule has 6 rings (SSSR count). The summed E-state index contributed by atoms with van der Waals surface area (Å²) in [6.07, 6.45) is 8.34. The Morgan fingerprint density at radius 3 is 1.70 bits per heavy atom. The van der Waals surface area contributed by atoms with Gasteiger partial charge in [-0.15, -0.1) is 0 Å². The van der Waals surface area contributed by atoms with Gasteiger partial charge in [0, 0.05) is 33.2 Å². The van der Waals surface area contributed by atoms with E-state index in [-0.39, 0.29) is 0 Å². The molecule has 4 aromatic rings. The highest BCUT2D eigenvalue weighted by atomic mass is 14.8. The summed E-state index contributed by atoms with van der Waals surface area (Å²) in [6.45, 7) is 4.39. The van der Waals surface area contributed by atoms with E-state index in [0.717, 1.165) is 56.0 Å². The molecular formula is C29H24N4. The van der Waals surface area contributed by atoms with Gasteiger partial charge in [0.2, 0.25) is 0 Å². The molecule has 0 atom stereocenters. The van der Waals surface area contributed by atoms with Gasteiger partial charge in [-0.3, -0.25) is 0 Å². The number of aromatic amines is 2. The number of aromatic nitrogens is 4. The molecule has 0 amide bonds. The van der Waals surface area contributed by atoms with Gasteiger partial charge in [-0.25, -0.2) is 9.97 Å². The van der Waals surface area contributed by atoms with Crippen molar-refractivity contribution in [1.82, 2.24) is 19.9 Å². The molecule has 2 N–H and O–H groups in total. The van der Waals surface area contributed by atoms with Gasteiger partial charge >= 0.3 is 0 Å². The molecule has 0 radical (unpaired) electrons. The molecule has 0 unspecified atom stereocenters. The number of H-pyrrole nitrogens is 2. The van der Waals surface area contributed by atoms with Crippen LogP contribution in [0, 0.1) is 0 Å². The Morgan fingerprint density at radius 1 is 0.636 bits per heavy atom. The first-order chi connectivity index (χ1) is 16.1. The fraction of sp³-hybridized carbons (Fsp3) is 0.103. The van der Waals surface area contributed by atoms with Crippen molar-refractivity contribution in [2.45, 2.75) is 19.8 Å². The van der Waals surface area contributed by atoms with Gasteiger partial charge < -0.3 is 9.97 Å².